The van der Waals surface area contributed by atoms with E-state index in [1.165, 1.54) is 6.07 Å². The summed E-state index contributed by atoms with van der Waals surface area (Å²) in [5, 5.41) is 4.99. The zero-order valence-electron chi connectivity index (χ0n) is 15.6. The number of nitrogens with one attached hydrogen (secondary N) is 2. The molecule has 1 aromatic heterocycles. The molecule has 0 radical (unpaired) electrons. The van der Waals surface area contributed by atoms with Crippen LogP contribution in [0.15, 0.2) is 18.2 Å². The van der Waals surface area contributed by atoms with E-state index >= 15 is 0 Å². The van der Waals surface area contributed by atoms with Crippen LogP contribution in [0.2, 0.25) is 0 Å². The fourth-order valence-corrected chi connectivity index (χ4v) is 3.19. The maximum Gasteiger partial charge on any atom is 0.291 e. The second kappa shape index (κ2) is 8.92. The molecule has 0 spiro atoms. The molecule has 28 heavy (non-hydrogen) atoms. The van der Waals surface area contributed by atoms with Gasteiger partial charge >= 0.3 is 0 Å². The number of imidazole rings is 1. The van der Waals surface area contributed by atoms with E-state index in [2.05, 4.69) is 15.6 Å². The molecule has 2 N–H and O–H groups in total. The van der Waals surface area contributed by atoms with Crippen molar-refractivity contribution in [3.63, 3.8) is 0 Å². The molecular formula is C19H22F2N4O3. The molecule has 0 unspecified atom stereocenters. The number of methoxy groups -OCH3 is 1. The third kappa shape index (κ3) is 4.19. The van der Waals surface area contributed by atoms with Gasteiger partial charge in [-0.15, -0.1) is 0 Å². The SMILES string of the molecule is COCCCNC(=O)c1nc(C(=O)Nc2c(F)cccc2F)n2c1CCCC2. The molecule has 1 aromatic carbocycles. The lowest BCUT2D eigenvalue weighted by Crippen LogP contribution is -2.27. The van der Waals surface area contributed by atoms with Crippen LogP contribution in [0.1, 0.15) is 46.1 Å². The second-order valence-electron chi connectivity index (χ2n) is 6.49. The first-order valence-corrected chi connectivity index (χ1v) is 9.14. The number of rotatable bonds is 7. The standard InChI is InChI=1S/C19H22F2N4O3/c1-28-11-5-9-22-18(26)16-14-8-2-3-10-25(14)17(23-16)19(27)24-15-12(20)6-4-7-13(15)21/h4,6-7H,2-3,5,8-11H2,1H3,(H,22,26)(H,24,27). The molecule has 0 fully saturated rings. The summed E-state index contributed by atoms with van der Waals surface area (Å²) < 4.78 is 34.3. The Hall–Kier alpha value is -2.81. The summed E-state index contributed by atoms with van der Waals surface area (Å²) in [7, 11) is 1.58. The minimum absolute atomic E-state index is 0.0283. The van der Waals surface area contributed by atoms with Gasteiger partial charge in [-0.05, 0) is 37.8 Å². The number of carbonyl (C=O) groups is 2. The number of para-hydroxylation sites is 1. The molecule has 1 aliphatic heterocycles. The second-order valence-corrected chi connectivity index (χ2v) is 6.49. The summed E-state index contributed by atoms with van der Waals surface area (Å²) in [4.78, 5) is 29.4. The molecule has 0 saturated carbocycles. The third-order valence-corrected chi connectivity index (χ3v) is 4.55. The first-order valence-electron chi connectivity index (χ1n) is 9.14. The van der Waals surface area contributed by atoms with E-state index in [0.29, 0.717) is 38.2 Å². The molecule has 0 aliphatic carbocycles. The van der Waals surface area contributed by atoms with E-state index in [1.807, 2.05) is 0 Å². The fraction of sp³-hybridized carbons (Fsp3) is 0.421. The Morgan fingerprint density at radius 1 is 1.21 bits per heavy atom. The van der Waals surface area contributed by atoms with Gasteiger partial charge in [0, 0.05) is 26.8 Å². The van der Waals surface area contributed by atoms with Crippen molar-refractivity contribution in [2.24, 2.45) is 0 Å². The van der Waals surface area contributed by atoms with Crippen molar-refractivity contribution in [2.75, 3.05) is 25.6 Å². The maximum atomic E-state index is 13.8. The van der Waals surface area contributed by atoms with Gasteiger partial charge in [0.15, 0.2) is 5.82 Å². The maximum absolute atomic E-state index is 13.8. The number of anilines is 1. The molecule has 3 rings (SSSR count). The number of hydrogen-bond donors (Lipinski definition) is 2. The smallest absolute Gasteiger partial charge is 0.291 e. The summed E-state index contributed by atoms with van der Waals surface area (Å²) in [5.74, 6) is -2.92. The molecule has 150 valence electrons. The largest absolute Gasteiger partial charge is 0.385 e. The van der Waals surface area contributed by atoms with E-state index < -0.39 is 23.2 Å². The van der Waals surface area contributed by atoms with Crippen molar-refractivity contribution in [3.05, 3.63) is 47.0 Å². The van der Waals surface area contributed by atoms with Crippen molar-refractivity contribution >= 4 is 17.5 Å². The average Bonchev–Trinajstić information content (AvgIpc) is 3.08. The van der Waals surface area contributed by atoms with Crippen LogP contribution in [-0.4, -0.2) is 41.6 Å². The van der Waals surface area contributed by atoms with Crippen LogP contribution in [0.25, 0.3) is 0 Å². The predicted molar refractivity (Wildman–Crippen MR) is 98.3 cm³/mol. The molecule has 2 amide bonds. The Morgan fingerprint density at radius 2 is 1.96 bits per heavy atom. The fourth-order valence-electron chi connectivity index (χ4n) is 3.19. The number of carbonyl (C=O) groups excluding carboxylic acids is 2. The highest BCUT2D eigenvalue weighted by atomic mass is 19.1. The number of fused-ring (bicyclic) bond motifs is 1. The van der Waals surface area contributed by atoms with Crippen molar-refractivity contribution < 1.29 is 23.1 Å². The van der Waals surface area contributed by atoms with E-state index in [0.717, 1.165) is 25.0 Å². The topological polar surface area (TPSA) is 85.2 Å². The monoisotopic (exact) mass is 392 g/mol. The summed E-state index contributed by atoms with van der Waals surface area (Å²) >= 11 is 0. The van der Waals surface area contributed by atoms with Crippen LogP contribution < -0.4 is 10.6 Å². The summed E-state index contributed by atoms with van der Waals surface area (Å²) in [5.41, 5.74) is 0.303. The van der Waals surface area contributed by atoms with Crippen LogP contribution in [0, 0.1) is 11.6 Å². The van der Waals surface area contributed by atoms with E-state index in [4.69, 9.17) is 4.74 Å². The minimum Gasteiger partial charge on any atom is -0.385 e. The molecule has 1 aliphatic rings. The van der Waals surface area contributed by atoms with Gasteiger partial charge in [-0.3, -0.25) is 9.59 Å². The van der Waals surface area contributed by atoms with Crippen LogP contribution in [0.5, 0.6) is 0 Å². The van der Waals surface area contributed by atoms with Crippen molar-refractivity contribution in [1.29, 1.82) is 0 Å². The minimum atomic E-state index is -0.880. The van der Waals surface area contributed by atoms with Crippen LogP contribution in [0.3, 0.4) is 0 Å². The van der Waals surface area contributed by atoms with Gasteiger partial charge in [0.2, 0.25) is 0 Å². The van der Waals surface area contributed by atoms with Crippen LogP contribution in [-0.2, 0) is 17.7 Å². The molecule has 0 saturated heterocycles. The molecular weight excluding hydrogens is 370 g/mol. The highest BCUT2D eigenvalue weighted by molar-refractivity contribution is 6.03. The van der Waals surface area contributed by atoms with Crippen molar-refractivity contribution in [2.45, 2.75) is 32.2 Å². The summed E-state index contributed by atoms with van der Waals surface area (Å²) in [6, 6.07) is 3.32. The van der Waals surface area contributed by atoms with Gasteiger partial charge in [-0.2, -0.15) is 0 Å². The number of nitrogens with zero attached hydrogens (tertiary/aromatic N) is 2. The highest BCUT2D eigenvalue weighted by Crippen LogP contribution is 2.23. The molecule has 0 atom stereocenters. The van der Waals surface area contributed by atoms with E-state index in [-0.39, 0.29) is 17.4 Å². The first-order chi connectivity index (χ1) is 13.5. The molecule has 2 aromatic rings. The van der Waals surface area contributed by atoms with Gasteiger partial charge in [-0.1, -0.05) is 6.07 Å². The average molecular weight is 392 g/mol. The van der Waals surface area contributed by atoms with Gasteiger partial charge < -0.3 is 19.9 Å². The van der Waals surface area contributed by atoms with Gasteiger partial charge in [0.1, 0.15) is 23.0 Å². The number of amides is 2. The van der Waals surface area contributed by atoms with E-state index in [1.54, 1.807) is 11.7 Å². The number of benzene rings is 1. The Morgan fingerprint density at radius 3 is 2.68 bits per heavy atom. The normalized spacial score (nSPS) is 13.1. The Labute approximate surface area is 161 Å². The highest BCUT2D eigenvalue weighted by Gasteiger charge is 2.28. The zero-order valence-corrected chi connectivity index (χ0v) is 15.6. The molecule has 7 nitrogen and oxygen atoms in total. The Bertz CT molecular complexity index is 862. The lowest BCUT2D eigenvalue weighted by molar-refractivity contribution is 0.0942. The molecule has 2 heterocycles. The first kappa shape index (κ1) is 19.9. The number of ether oxygens (including phenoxy) is 1. The van der Waals surface area contributed by atoms with Gasteiger partial charge in [0.25, 0.3) is 11.8 Å². The molecule has 0 bridgehead atoms. The molecule has 9 heteroatoms. The predicted octanol–water partition coefficient (Wildman–Crippen LogP) is 2.52. The lowest BCUT2D eigenvalue weighted by Gasteiger charge is -2.17. The Kier molecular flexibility index (Phi) is 6.35. The summed E-state index contributed by atoms with van der Waals surface area (Å²) in [6.45, 7) is 1.45. The van der Waals surface area contributed by atoms with Crippen LogP contribution in [0.4, 0.5) is 14.5 Å². The number of halogens is 2. The quantitative estimate of drug-likeness (QED) is 0.709. The van der Waals surface area contributed by atoms with E-state index in [9.17, 15) is 18.4 Å². The summed E-state index contributed by atoms with van der Waals surface area (Å²) in [6.07, 6.45) is 2.96. The lowest BCUT2D eigenvalue weighted by atomic mass is 10.1. The Balaban J connectivity index is 1.84. The van der Waals surface area contributed by atoms with Crippen LogP contribution >= 0.6 is 0 Å². The third-order valence-electron chi connectivity index (χ3n) is 4.55. The van der Waals surface area contributed by atoms with Gasteiger partial charge in [0.05, 0.1) is 5.69 Å². The van der Waals surface area contributed by atoms with Crippen molar-refractivity contribution in [3.8, 4) is 0 Å². The number of hydrogen-bond acceptors (Lipinski definition) is 4. The number of aromatic nitrogens is 2. The van der Waals surface area contributed by atoms with Crippen molar-refractivity contribution in [1.82, 2.24) is 14.9 Å². The van der Waals surface area contributed by atoms with Gasteiger partial charge in [-0.25, -0.2) is 13.8 Å². The zero-order chi connectivity index (χ0) is 20.1.